The summed E-state index contributed by atoms with van der Waals surface area (Å²) >= 11 is 1.48. The molecule has 2 aromatic carbocycles. The molecule has 4 rings (SSSR count). The molecule has 1 aromatic heterocycles. The Bertz CT molecular complexity index is 949. The third-order valence-corrected chi connectivity index (χ3v) is 5.85. The molecule has 0 radical (unpaired) electrons. The Morgan fingerprint density at radius 2 is 1.79 bits per heavy atom. The fraction of sp³-hybridized carbons (Fsp3) is 0.273. The molecule has 1 amide bonds. The second kappa shape index (κ2) is 8.52. The summed E-state index contributed by atoms with van der Waals surface area (Å²) in [6.45, 7) is 1.74. The van der Waals surface area contributed by atoms with Gasteiger partial charge in [0.2, 0.25) is 5.91 Å². The third kappa shape index (κ3) is 3.78. The molecule has 5 nitrogen and oxygen atoms in total. The fourth-order valence-electron chi connectivity index (χ4n) is 3.48. The molecule has 1 aliphatic heterocycles. The number of para-hydroxylation sites is 2. The number of carbonyl (C=O) groups excluding carboxylic acids is 1. The summed E-state index contributed by atoms with van der Waals surface area (Å²) in [6.07, 6.45) is 4.07. The van der Waals surface area contributed by atoms with Crippen LogP contribution < -0.4 is 4.74 Å². The lowest BCUT2D eigenvalue weighted by Crippen LogP contribution is -2.29. The number of methoxy groups -OCH3 is 1. The molecule has 0 unspecified atom stereocenters. The minimum absolute atomic E-state index is 0.179. The maximum Gasteiger partial charge on any atom is 0.233 e. The average molecular weight is 394 g/mol. The van der Waals surface area contributed by atoms with Crippen LogP contribution in [0.5, 0.6) is 5.75 Å². The molecule has 0 spiro atoms. The van der Waals surface area contributed by atoms with Gasteiger partial charge in [0, 0.05) is 18.7 Å². The van der Waals surface area contributed by atoms with Gasteiger partial charge >= 0.3 is 0 Å². The summed E-state index contributed by atoms with van der Waals surface area (Å²) < 4.78 is 7.67. The topological polar surface area (TPSA) is 47.4 Å². The molecule has 3 aromatic rings. The molecule has 0 aliphatic carbocycles. The van der Waals surface area contributed by atoms with Crippen molar-refractivity contribution in [3.8, 4) is 22.7 Å². The smallest absolute Gasteiger partial charge is 0.233 e. The van der Waals surface area contributed by atoms with Gasteiger partial charge in [0.1, 0.15) is 5.75 Å². The monoisotopic (exact) mass is 393 g/mol. The summed E-state index contributed by atoms with van der Waals surface area (Å²) in [5.74, 6) is 1.34. The van der Waals surface area contributed by atoms with E-state index in [0.717, 1.165) is 53.8 Å². The van der Waals surface area contributed by atoms with Gasteiger partial charge in [0.25, 0.3) is 0 Å². The number of hydrogen-bond donors (Lipinski definition) is 0. The van der Waals surface area contributed by atoms with Gasteiger partial charge in [-0.3, -0.25) is 9.36 Å². The van der Waals surface area contributed by atoms with Gasteiger partial charge in [-0.1, -0.05) is 54.2 Å². The van der Waals surface area contributed by atoms with Crippen molar-refractivity contribution in [1.82, 2.24) is 14.5 Å². The number of likely N-dealkylation sites (tertiary alicyclic amines) is 1. The number of aromatic nitrogens is 2. The van der Waals surface area contributed by atoms with Gasteiger partial charge in [-0.2, -0.15) is 0 Å². The van der Waals surface area contributed by atoms with E-state index in [2.05, 4.69) is 21.7 Å². The van der Waals surface area contributed by atoms with Crippen molar-refractivity contribution in [2.24, 2.45) is 0 Å². The quantitative estimate of drug-likeness (QED) is 0.587. The number of nitrogens with zero attached hydrogens (tertiary/aromatic N) is 3. The number of amides is 1. The van der Waals surface area contributed by atoms with Gasteiger partial charge in [-0.05, 0) is 25.0 Å². The molecule has 1 fully saturated rings. The van der Waals surface area contributed by atoms with Crippen LogP contribution in [0, 0.1) is 0 Å². The van der Waals surface area contributed by atoms with Crippen LogP contribution in [0.25, 0.3) is 16.9 Å². The van der Waals surface area contributed by atoms with E-state index >= 15 is 0 Å². The Morgan fingerprint density at radius 3 is 2.54 bits per heavy atom. The number of hydrogen-bond acceptors (Lipinski definition) is 4. The molecule has 2 heterocycles. The van der Waals surface area contributed by atoms with E-state index in [1.165, 1.54) is 11.8 Å². The van der Waals surface area contributed by atoms with Crippen LogP contribution in [0.1, 0.15) is 12.8 Å². The maximum atomic E-state index is 12.5. The zero-order valence-corrected chi connectivity index (χ0v) is 16.7. The largest absolute Gasteiger partial charge is 0.495 e. The van der Waals surface area contributed by atoms with Crippen molar-refractivity contribution in [2.45, 2.75) is 18.0 Å². The molecule has 0 N–H and O–H groups in total. The lowest BCUT2D eigenvalue weighted by Gasteiger charge is -2.17. The first-order valence-electron chi connectivity index (χ1n) is 9.45. The molecular weight excluding hydrogens is 370 g/mol. The van der Waals surface area contributed by atoms with E-state index in [9.17, 15) is 4.79 Å². The summed E-state index contributed by atoms with van der Waals surface area (Å²) in [6, 6.07) is 18.0. The second-order valence-electron chi connectivity index (χ2n) is 6.68. The van der Waals surface area contributed by atoms with Gasteiger partial charge in [0.05, 0.1) is 30.4 Å². The Morgan fingerprint density at radius 1 is 1.07 bits per heavy atom. The number of carbonyl (C=O) groups is 1. The molecule has 0 bridgehead atoms. The fourth-order valence-corrected chi connectivity index (χ4v) is 4.37. The summed E-state index contributed by atoms with van der Waals surface area (Å²) in [7, 11) is 1.67. The SMILES string of the molecule is COc1ccccc1-n1c(-c2ccccc2)cnc1SCC(=O)N1CCCC1. The van der Waals surface area contributed by atoms with E-state index < -0.39 is 0 Å². The highest BCUT2D eigenvalue weighted by atomic mass is 32.2. The summed E-state index contributed by atoms with van der Waals surface area (Å²) in [5.41, 5.74) is 2.96. The molecule has 0 atom stereocenters. The van der Waals surface area contributed by atoms with E-state index in [4.69, 9.17) is 4.74 Å². The standard InChI is InChI=1S/C22H23N3O2S/c1-27-20-12-6-5-11-18(20)25-19(17-9-3-2-4-10-17)15-23-22(25)28-16-21(26)24-13-7-8-14-24/h2-6,9-12,15H,7-8,13-14,16H2,1H3. The van der Waals surface area contributed by atoms with Gasteiger partial charge < -0.3 is 9.64 Å². The lowest BCUT2D eigenvalue weighted by atomic mass is 10.1. The number of imidazole rings is 1. The van der Waals surface area contributed by atoms with Crippen LogP contribution in [-0.2, 0) is 4.79 Å². The average Bonchev–Trinajstić information content (AvgIpc) is 3.43. The van der Waals surface area contributed by atoms with Gasteiger partial charge in [-0.15, -0.1) is 0 Å². The number of rotatable bonds is 6. The predicted octanol–water partition coefficient (Wildman–Crippen LogP) is 4.26. The Labute approximate surface area is 169 Å². The van der Waals surface area contributed by atoms with E-state index in [0.29, 0.717) is 5.75 Å². The first-order valence-corrected chi connectivity index (χ1v) is 10.4. The normalized spacial score (nSPS) is 13.7. The Kier molecular flexibility index (Phi) is 5.67. The molecule has 6 heteroatoms. The maximum absolute atomic E-state index is 12.5. The van der Waals surface area contributed by atoms with Crippen LogP contribution in [-0.4, -0.2) is 46.3 Å². The molecular formula is C22H23N3O2S. The van der Waals surface area contributed by atoms with Crippen molar-refractivity contribution >= 4 is 17.7 Å². The van der Waals surface area contributed by atoms with Crippen molar-refractivity contribution in [3.63, 3.8) is 0 Å². The number of ether oxygens (including phenoxy) is 1. The zero-order valence-electron chi connectivity index (χ0n) is 15.9. The Balaban J connectivity index is 1.70. The highest BCUT2D eigenvalue weighted by Crippen LogP contribution is 2.34. The van der Waals surface area contributed by atoms with E-state index in [-0.39, 0.29) is 5.91 Å². The predicted molar refractivity (Wildman–Crippen MR) is 112 cm³/mol. The van der Waals surface area contributed by atoms with Crippen LogP contribution in [0.4, 0.5) is 0 Å². The second-order valence-corrected chi connectivity index (χ2v) is 7.62. The van der Waals surface area contributed by atoms with Crippen LogP contribution >= 0.6 is 11.8 Å². The molecule has 144 valence electrons. The first-order chi connectivity index (χ1) is 13.8. The van der Waals surface area contributed by atoms with Crippen LogP contribution in [0.2, 0.25) is 0 Å². The summed E-state index contributed by atoms with van der Waals surface area (Å²) in [4.78, 5) is 19.1. The van der Waals surface area contributed by atoms with Crippen molar-refractivity contribution in [2.75, 3.05) is 26.0 Å². The minimum atomic E-state index is 0.179. The highest BCUT2D eigenvalue weighted by molar-refractivity contribution is 7.99. The Hall–Kier alpha value is -2.73. The molecule has 0 saturated carbocycles. The minimum Gasteiger partial charge on any atom is -0.495 e. The number of thioether (sulfide) groups is 1. The first kappa shape index (κ1) is 18.6. The number of benzene rings is 2. The van der Waals surface area contributed by atoms with E-state index in [1.807, 2.05) is 53.6 Å². The zero-order chi connectivity index (χ0) is 19.3. The van der Waals surface area contributed by atoms with Gasteiger partial charge in [-0.25, -0.2) is 4.98 Å². The van der Waals surface area contributed by atoms with Crippen LogP contribution in [0.15, 0.2) is 66.0 Å². The third-order valence-electron chi connectivity index (χ3n) is 4.91. The van der Waals surface area contributed by atoms with Crippen molar-refractivity contribution in [1.29, 1.82) is 0 Å². The molecule has 28 heavy (non-hydrogen) atoms. The van der Waals surface area contributed by atoms with E-state index in [1.54, 1.807) is 7.11 Å². The van der Waals surface area contributed by atoms with Crippen molar-refractivity contribution in [3.05, 3.63) is 60.8 Å². The highest BCUT2D eigenvalue weighted by Gasteiger charge is 2.21. The van der Waals surface area contributed by atoms with Crippen molar-refractivity contribution < 1.29 is 9.53 Å². The molecule has 1 saturated heterocycles. The lowest BCUT2D eigenvalue weighted by molar-refractivity contribution is -0.127. The van der Waals surface area contributed by atoms with Gasteiger partial charge in [0.15, 0.2) is 5.16 Å². The molecule has 1 aliphatic rings. The summed E-state index contributed by atoms with van der Waals surface area (Å²) in [5, 5.41) is 0.788. The van der Waals surface area contributed by atoms with Crippen LogP contribution in [0.3, 0.4) is 0 Å².